The van der Waals surface area contributed by atoms with Gasteiger partial charge in [0.05, 0.1) is 0 Å². The molecule has 0 amide bonds. The summed E-state index contributed by atoms with van der Waals surface area (Å²) in [5.41, 5.74) is 7.70. The lowest BCUT2D eigenvalue weighted by Gasteiger charge is -2.26. The zero-order valence-corrected chi connectivity index (χ0v) is 18.5. The van der Waals surface area contributed by atoms with Gasteiger partial charge >= 0.3 is 0 Å². The molecular formula is C30H31N. The van der Waals surface area contributed by atoms with E-state index < -0.39 is 0 Å². The zero-order chi connectivity index (χ0) is 21.5. The second-order valence-electron chi connectivity index (χ2n) is 8.27. The van der Waals surface area contributed by atoms with Crippen molar-refractivity contribution in [3.63, 3.8) is 0 Å². The zero-order valence-electron chi connectivity index (χ0n) is 18.5. The SMILES string of the molecule is CCCC(Cc1ccc(C)cc1)c1ccc(N(c2ccccc2)c2ccccc2)cc1. The van der Waals surface area contributed by atoms with Gasteiger partial charge in [-0.05, 0) is 73.2 Å². The molecule has 0 N–H and O–H groups in total. The largest absolute Gasteiger partial charge is 0.311 e. The van der Waals surface area contributed by atoms with E-state index in [0.717, 1.165) is 6.42 Å². The lowest BCUT2D eigenvalue weighted by molar-refractivity contribution is 0.610. The Balaban J connectivity index is 1.63. The van der Waals surface area contributed by atoms with Crippen molar-refractivity contribution in [2.45, 2.75) is 39.0 Å². The first kappa shape index (κ1) is 20.9. The van der Waals surface area contributed by atoms with Crippen LogP contribution in [0.4, 0.5) is 17.1 Å². The van der Waals surface area contributed by atoms with Crippen molar-refractivity contribution in [3.8, 4) is 0 Å². The quantitative estimate of drug-likeness (QED) is 0.284. The fourth-order valence-corrected chi connectivity index (χ4v) is 4.24. The minimum Gasteiger partial charge on any atom is -0.311 e. The summed E-state index contributed by atoms with van der Waals surface area (Å²) in [6.07, 6.45) is 3.49. The molecular weight excluding hydrogens is 374 g/mol. The molecule has 4 aromatic carbocycles. The highest BCUT2D eigenvalue weighted by molar-refractivity contribution is 5.76. The Kier molecular flexibility index (Phi) is 6.84. The summed E-state index contributed by atoms with van der Waals surface area (Å²) in [5, 5.41) is 0. The van der Waals surface area contributed by atoms with Crippen LogP contribution in [0.25, 0.3) is 0 Å². The fraction of sp³-hybridized carbons (Fsp3) is 0.200. The Morgan fingerprint density at radius 1 is 0.613 bits per heavy atom. The minimum atomic E-state index is 0.545. The van der Waals surface area contributed by atoms with Gasteiger partial charge in [-0.2, -0.15) is 0 Å². The van der Waals surface area contributed by atoms with Gasteiger partial charge < -0.3 is 4.90 Å². The molecule has 1 unspecified atom stereocenters. The molecule has 31 heavy (non-hydrogen) atoms. The number of hydrogen-bond donors (Lipinski definition) is 0. The van der Waals surface area contributed by atoms with Gasteiger partial charge in [0.2, 0.25) is 0 Å². The van der Waals surface area contributed by atoms with E-state index in [4.69, 9.17) is 0 Å². The Morgan fingerprint density at radius 3 is 1.65 bits per heavy atom. The number of para-hydroxylation sites is 2. The van der Waals surface area contributed by atoms with Crippen LogP contribution >= 0.6 is 0 Å². The molecule has 156 valence electrons. The Labute approximate surface area is 187 Å². The smallest absolute Gasteiger partial charge is 0.0461 e. The normalized spacial score (nSPS) is 11.8. The average molecular weight is 406 g/mol. The summed E-state index contributed by atoms with van der Waals surface area (Å²) >= 11 is 0. The molecule has 0 bridgehead atoms. The fourth-order valence-electron chi connectivity index (χ4n) is 4.24. The lowest BCUT2D eigenvalue weighted by atomic mass is 9.88. The molecule has 0 heterocycles. The predicted octanol–water partition coefficient (Wildman–Crippen LogP) is 8.59. The number of benzene rings is 4. The van der Waals surface area contributed by atoms with Crippen molar-refractivity contribution in [3.05, 3.63) is 126 Å². The van der Waals surface area contributed by atoms with Crippen molar-refractivity contribution < 1.29 is 0 Å². The Bertz CT molecular complexity index is 1010. The Morgan fingerprint density at radius 2 is 1.13 bits per heavy atom. The van der Waals surface area contributed by atoms with Gasteiger partial charge in [0.15, 0.2) is 0 Å². The van der Waals surface area contributed by atoms with Gasteiger partial charge in [-0.15, -0.1) is 0 Å². The summed E-state index contributed by atoms with van der Waals surface area (Å²) in [6, 6.07) is 39.4. The molecule has 4 aromatic rings. The maximum Gasteiger partial charge on any atom is 0.0461 e. The second-order valence-corrected chi connectivity index (χ2v) is 8.27. The molecule has 0 aromatic heterocycles. The van der Waals surface area contributed by atoms with Crippen LogP contribution < -0.4 is 4.90 Å². The first-order valence-corrected chi connectivity index (χ1v) is 11.3. The molecule has 0 aliphatic heterocycles. The highest BCUT2D eigenvalue weighted by atomic mass is 15.1. The Hall–Kier alpha value is -3.32. The van der Waals surface area contributed by atoms with Crippen molar-refractivity contribution in [1.29, 1.82) is 0 Å². The maximum atomic E-state index is 2.32. The third kappa shape index (κ3) is 5.24. The number of rotatable bonds is 8. The summed E-state index contributed by atoms with van der Waals surface area (Å²) in [6.45, 7) is 4.43. The van der Waals surface area contributed by atoms with Crippen molar-refractivity contribution in [2.75, 3.05) is 4.90 Å². The number of hydrogen-bond acceptors (Lipinski definition) is 1. The highest BCUT2D eigenvalue weighted by Gasteiger charge is 2.15. The van der Waals surface area contributed by atoms with E-state index >= 15 is 0 Å². The monoisotopic (exact) mass is 405 g/mol. The number of anilines is 3. The van der Waals surface area contributed by atoms with Crippen LogP contribution in [0, 0.1) is 6.92 Å². The molecule has 1 heteroatoms. The van der Waals surface area contributed by atoms with Crippen LogP contribution in [0.3, 0.4) is 0 Å². The average Bonchev–Trinajstić information content (AvgIpc) is 2.82. The van der Waals surface area contributed by atoms with Crippen LogP contribution in [0.15, 0.2) is 109 Å². The minimum absolute atomic E-state index is 0.545. The van der Waals surface area contributed by atoms with Gasteiger partial charge in [-0.1, -0.05) is 91.7 Å². The third-order valence-electron chi connectivity index (χ3n) is 5.89. The van der Waals surface area contributed by atoms with Crippen molar-refractivity contribution in [1.82, 2.24) is 0 Å². The van der Waals surface area contributed by atoms with Crippen LogP contribution in [0.2, 0.25) is 0 Å². The number of nitrogens with zero attached hydrogens (tertiary/aromatic N) is 1. The first-order valence-electron chi connectivity index (χ1n) is 11.3. The summed E-state index contributed by atoms with van der Waals surface area (Å²) < 4.78 is 0. The van der Waals surface area contributed by atoms with Gasteiger partial charge in [0, 0.05) is 17.1 Å². The molecule has 0 saturated carbocycles. The predicted molar refractivity (Wildman–Crippen MR) is 134 cm³/mol. The van der Waals surface area contributed by atoms with Crippen molar-refractivity contribution >= 4 is 17.1 Å². The van der Waals surface area contributed by atoms with Gasteiger partial charge in [0.25, 0.3) is 0 Å². The van der Waals surface area contributed by atoms with Crippen LogP contribution in [-0.4, -0.2) is 0 Å². The van der Waals surface area contributed by atoms with E-state index in [0.29, 0.717) is 5.92 Å². The molecule has 4 rings (SSSR count). The van der Waals surface area contributed by atoms with E-state index in [1.807, 2.05) is 0 Å². The molecule has 0 saturated heterocycles. The summed E-state index contributed by atoms with van der Waals surface area (Å²) in [7, 11) is 0. The molecule has 0 fully saturated rings. The topological polar surface area (TPSA) is 3.24 Å². The van der Waals surface area contributed by atoms with Crippen molar-refractivity contribution in [2.24, 2.45) is 0 Å². The molecule has 0 aliphatic rings. The molecule has 0 radical (unpaired) electrons. The van der Waals surface area contributed by atoms with E-state index in [2.05, 4.69) is 128 Å². The van der Waals surface area contributed by atoms with E-state index in [1.165, 1.54) is 46.6 Å². The maximum absolute atomic E-state index is 2.32. The van der Waals surface area contributed by atoms with Crippen LogP contribution in [0.1, 0.15) is 42.4 Å². The second kappa shape index (κ2) is 10.1. The lowest BCUT2D eigenvalue weighted by Crippen LogP contribution is -2.10. The van der Waals surface area contributed by atoms with Crippen LogP contribution in [-0.2, 0) is 6.42 Å². The third-order valence-corrected chi connectivity index (χ3v) is 5.89. The number of aryl methyl sites for hydroxylation is 1. The molecule has 0 aliphatic carbocycles. The van der Waals surface area contributed by atoms with Gasteiger partial charge in [0.1, 0.15) is 0 Å². The molecule has 1 nitrogen and oxygen atoms in total. The highest BCUT2D eigenvalue weighted by Crippen LogP contribution is 2.35. The van der Waals surface area contributed by atoms with Gasteiger partial charge in [-0.3, -0.25) is 0 Å². The summed E-state index contributed by atoms with van der Waals surface area (Å²) in [4.78, 5) is 2.32. The standard InChI is InChI=1S/C30H31N/c1-3-10-27(23-25-17-15-24(2)16-18-25)26-19-21-30(22-20-26)31(28-11-6-4-7-12-28)29-13-8-5-9-14-29/h4-9,11-22,27H,3,10,23H2,1-2H3. The summed E-state index contributed by atoms with van der Waals surface area (Å²) in [5.74, 6) is 0.545. The van der Waals surface area contributed by atoms with Crippen LogP contribution in [0.5, 0.6) is 0 Å². The first-order chi connectivity index (χ1) is 15.2. The van der Waals surface area contributed by atoms with E-state index in [9.17, 15) is 0 Å². The van der Waals surface area contributed by atoms with E-state index in [1.54, 1.807) is 0 Å². The van der Waals surface area contributed by atoms with E-state index in [-0.39, 0.29) is 0 Å². The molecule has 1 atom stereocenters. The molecule has 0 spiro atoms. The van der Waals surface area contributed by atoms with Gasteiger partial charge in [-0.25, -0.2) is 0 Å².